The first-order chi connectivity index (χ1) is 15.5. The Labute approximate surface area is 187 Å². The first kappa shape index (κ1) is 23.1. The van der Waals surface area contributed by atoms with Gasteiger partial charge in [-0.3, -0.25) is 9.59 Å². The average molecular weight is 444 g/mol. The molecule has 0 aliphatic carbocycles. The molecule has 2 aromatic carbocycles. The van der Waals surface area contributed by atoms with Crippen LogP contribution in [0.4, 0.5) is 5.69 Å². The predicted octanol–water partition coefficient (Wildman–Crippen LogP) is 1.80. The van der Waals surface area contributed by atoms with Crippen LogP contribution in [0.5, 0.6) is 23.0 Å². The van der Waals surface area contributed by atoms with E-state index >= 15 is 0 Å². The number of nitrogens with one attached hydrogen (secondary N) is 1. The number of para-hydroxylation sites is 2. The maximum atomic E-state index is 12.6. The zero-order valence-electron chi connectivity index (χ0n) is 18.8. The van der Waals surface area contributed by atoms with Crippen LogP contribution in [0, 0.1) is 0 Å². The van der Waals surface area contributed by atoms with Gasteiger partial charge in [-0.1, -0.05) is 12.1 Å². The number of anilines is 1. The van der Waals surface area contributed by atoms with Gasteiger partial charge in [0, 0.05) is 31.7 Å². The monoisotopic (exact) mass is 443 g/mol. The van der Waals surface area contributed by atoms with E-state index in [1.165, 1.54) is 21.3 Å². The molecule has 1 aliphatic rings. The van der Waals surface area contributed by atoms with Crippen LogP contribution in [0.25, 0.3) is 0 Å². The van der Waals surface area contributed by atoms with Gasteiger partial charge in [0.25, 0.3) is 5.91 Å². The second-order valence-electron chi connectivity index (χ2n) is 7.14. The van der Waals surface area contributed by atoms with Gasteiger partial charge >= 0.3 is 0 Å². The van der Waals surface area contributed by atoms with Gasteiger partial charge in [-0.2, -0.15) is 0 Å². The highest BCUT2D eigenvalue weighted by molar-refractivity contribution is 5.97. The number of methoxy groups -OCH3 is 4. The summed E-state index contributed by atoms with van der Waals surface area (Å²) in [5.74, 6) is 1.42. The molecule has 0 bridgehead atoms. The van der Waals surface area contributed by atoms with Crippen molar-refractivity contribution in [1.82, 2.24) is 10.2 Å². The Morgan fingerprint density at radius 3 is 2.00 bits per heavy atom. The fraction of sp³-hybridized carbons (Fsp3) is 0.391. The first-order valence-electron chi connectivity index (χ1n) is 10.3. The molecule has 1 N–H and O–H groups in total. The fourth-order valence-electron chi connectivity index (χ4n) is 3.67. The highest BCUT2D eigenvalue weighted by atomic mass is 16.5. The van der Waals surface area contributed by atoms with E-state index in [1.807, 2.05) is 24.3 Å². The summed E-state index contributed by atoms with van der Waals surface area (Å²) in [7, 11) is 6.10. The zero-order valence-corrected chi connectivity index (χ0v) is 18.8. The Hall–Kier alpha value is -3.62. The van der Waals surface area contributed by atoms with Crippen LogP contribution in [0.2, 0.25) is 0 Å². The number of hydrogen-bond donors (Lipinski definition) is 1. The standard InChI is InChI=1S/C23H29N3O6/c1-29-18-8-6-5-7-17(18)25-9-11-26(12-10-25)21(27)15-24-23(28)16-13-19(30-2)22(32-4)20(14-16)31-3/h5-8,13-14H,9-12,15H2,1-4H3,(H,24,28). The minimum Gasteiger partial charge on any atom is -0.495 e. The molecule has 0 unspecified atom stereocenters. The van der Waals surface area contributed by atoms with Crippen molar-refractivity contribution in [3.63, 3.8) is 0 Å². The molecule has 2 aromatic rings. The number of nitrogens with zero attached hydrogens (tertiary/aromatic N) is 2. The van der Waals surface area contributed by atoms with Crippen molar-refractivity contribution in [2.45, 2.75) is 0 Å². The minimum atomic E-state index is -0.398. The Morgan fingerprint density at radius 1 is 0.844 bits per heavy atom. The quantitative estimate of drug-likeness (QED) is 0.665. The molecule has 32 heavy (non-hydrogen) atoms. The highest BCUT2D eigenvalue weighted by Crippen LogP contribution is 2.38. The summed E-state index contributed by atoms with van der Waals surface area (Å²) in [5, 5.41) is 2.68. The zero-order chi connectivity index (χ0) is 23.1. The number of carbonyl (C=O) groups excluding carboxylic acids is 2. The van der Waals surface area contributed by atoms with Gasteiger partial charge < -0.3 is 34.1 Å². The van der Waals surface area contributed by atoms with Crippen molar-refractivity contribution >= 4 is 17.5 Å². The van der Waals surface area contributed by atoms with E-state index in [4.69, 9.17) is 18.9 Å². The summed E-state index contributed by atoms with van der Waals surface area (Å²) in [5.41, 5.74) is 1.33. The molecular formula is C23H29N3O6. The third-order valence-corrected chi connectivity index (χ3v) is 5.39. The molecule has 0 aromatic heterocycles. The van der Waals surface area contributed by atoms with Crippen LogP contribution in [0.3, 0.4) is 0 Å². The lowest BCUT2D eigenvalue weighted by molar-refractivity contribution is -0.130. The van der Waals surface area contributed by atoms with Crippen molar-refractivity contribution in [3.8, 4) is 23.0 Å². The fourth-order valence-corrected chi connectivity index (χ4v) is 3.67. The van der Waals surface area contributed by atoms with Gasteiger partial charge in [0.15, 0.2) is 11.5 Å². The lowest BCUT2D eigenvalue weighted by Gasteiger charge is -2.36. The molecular weight excluding hydrogens is 414 g/mol. The molecule has 1 aliphatic heterocycles. The lowest BCUT2D eigenvalue weighted by atomic mass is 10.1. The van der Waals surface area contributed by atoms with Crippen molar-refractivity contribution in [2.24, 2.45) is 0 Å². The van der Waals surface area contributed by atoms with E-state index in [0.717, 1.165) is 11.4 Å². The molecule has 1 heterocycles. The van der Waals surface area contributed by atoms with Crippen molar-refractivity contribution < 1.29 is 28.5 Å². The Bertz CT molecular complexity index is 931. The van der Waals surface area contributed by atoms with Crippen LogP contribution in [0.1, 0.15) is 10.4 Å². The molecule has 1 fully saturated rings. The highest BCUT2D eigenvalue weighted by Gasteiger charge is 2.24. The second-order valence-corrected chi connectivity index (χ2v) is 7.14. The van der Waals surface area contributed by atoms with E-state index in [9.17, 15) is 9.59 Å². The van der Waals surface area contributed by atoms with E-state index in [-0.39, 0.29) is 12.5 Å². The Morgan fingerprint density at radius 2 is 1.44 bits per heavy atom. The van der Waals surface area contributed by atoms with Crippen LogP contribution in [0.15, 0.2) is 36.4 Å². The Kier molecular flexibility index (Phi) is 7.64. The van der Waals surface area contributed by atoms with E-state index < -0.39 is 5.91 Å². The number of rotatable bonds is 8. The van der Waals surface area contributed by atoms with Crippen LogP contribution >= 0.6 is 0 Å². The maximum absolute atomic E-state index is 12.6. The lowest BCUT2D eigenvalue weighted by Crippen LogP contribution is -2.51. The van der Waals surface area contributed by atoms with Crippen molar-refractivity contribution in [1.29, 1.82) is 0 Å². The van der Waals surface area contributed by atoms with Crippen molar-refractivity contribution in [2.75, 3.05) is 66.1 Å². The SMILES string of the molecule is COc1ccccc1N1CCN(C(=O)CNC(=O)c2cc(OC)c(OC)c(OC)c2)CC1. The summed E-state index contributed by atoms with van der Waals surface area (Å²) in [6.45, 7) is 2.41. The maximum Gasteiger partial charge on any atom is 0.251 e. The normalized spacial score (nSPS) is 13.4. The van der Waals surface area contributed by atoms with Crippen LogP contribution in [-0.4, -0.2) is 77.9 Å². The molecule has 3 rings (SSSR count). The first-order valence-corrected chi connectivity index (χ1v) is 10.3. The smallest absolute Gasteiger partial charge is 0.251 e. The van der Waals surface area contributed by atoms with Crippen LogP contribution in [-0.2, 0) is 4.79 Å². The third kappa shape index (κ3) is 4.99. The topological polar surface area (TPSA) is 89.6 Å². The van der Waals surface area contributed by atoms with E-state index in [2.05, 4.69) is 10.2 Å². The van der Waals surface area contributed by atoms with E-state index in [0.29, 0.717) is 49.0 Å². The molecule has 0 radical (unpaired) electrons. The molecule has 9 nitrogen and oxygen atoms in total. The van der Waals surface area contributed by atoms with Gasteiger partial charge in [0.1, 0.15) is 5.75 Å². The van der Waals surface area contributed by atoms with Gasteiger partial charge in [0.05, 0.1) is 40.7 Å². The summed E-state index contributed by atoms with van der Waals surface area (Å²) in [6, 6.07) is 10.9. The van der Waals surface area contributed by atoms with Gasteiger partial charge in [-0.25, -0.2) is 0 Å². The molecule has 0 spiro atoms. The number of ether oxygens (including phenoxy) is 4. The van der Waals surface area contributed by atoms with Gasteiger partial charge in [0.2, 0.25) is 11.7 Å². The predicted molar refractivity (Wildman–Crippen MR) is 120 cm³/mol. The van der Waals surface area contributed by atoms with Crippen LogP contribution < -0.4 is 29.2 Å². The van der Waals surface area contributed by atoms with Gasteiger partial charge in [-0.05, 0) is 24.3 Å². The molecule has 0 saturated carbocycles. The Balaban J connectivity index is 1.57. The minimum absolute atomic E-state index is 0.0931. The van der Waals surface area contributed by atoms with Gasteiger partial charge in [-0.15, -0.1) is 0 Å². The number of amides is 2. The van der Waals surface area contributed by atoms with Crippen molar-refractivity contribution in [3.05, 3.63) is 42.0 Å². The summed E-state index contributed by atoms with van der Waals surface area (Å²) >= 11 is 0. The second kappa shape index (κ2) is 10.6. The summed E-state index contributed by atoms with van der Waals surface area (Å²) < 4.78 is 21.3. The number of benzene rings is 2. The molecule has 0 atom stereocenters. The summed E-state index contributed by atoms with van der Waals surface area (Å²) in [4.78, 5) is 29.2. The molecule has 1 saturated heterocycles. The average Bonchev–Trinajstić information content (AvgIpc) is 2.85. The number of carbonyl (C=O) groups is 2. The molecule has 9 heteroatoms. The molecule has 2 amide bonds. The number of hydrogen-bond acceptors (Lipinski definition) is 7. The third-order valence-electron chi connectivity index (χ3n) is 5.39. The summed E-state index contributed by atoms with van der Waals surface area (Å²) in [6.07, 6.45) is 0. The number of piperazine rings is 1. The van der Waals surface area contributed by atoms with E-state index in [1.54, 1.807) is 24.1 Å². The molecule has 172 valence electrons. The largest absolute Gasteiger partial charge is 0.495 e.